The lowest BCUT2D eigenvalue weighted by molar-refractivity contribution is -0.143. The van der Waals surface area contributed by atoms with Crippen molar-refractivity contribution in [3.8, 4) is 0 Å². The summed E-state index contributed by atoms with van der Waals surface area (Å²) in [6.07, 6.45) is 6.82. The zero-order chi connectivity index (χ0) is 12.7. The van der Waals surface area contributed by atoms with Gasteiger partial charge in [0.05, 0.1) is 13.0 Å². The first-order chi connectivity index (χ1) is 8.09. The highest BCUT2D eigenvalue weighted by atomic mass is 16.5. The van der Waals surface area contributed by atoms with Crippen LogP contribution in [0.15, 0.2) is 12.2 Å². The van der Waals surface area contributed by atoms with Gasteiger partial charge in [-0.1, -0.05) is 38.7 Å². The van der Waals surface area contributed by atoms with Gasteiger partial charge in [-0.05, 0) is 12.3 Å². The van der Waals surface area contributed by atoms with Crippen LogP contribution in [0.5, 0.6) is 0 Å². The zero-order valence-corrected chi connectivity index (χ0v) is 10.1. The Hall–Kier alpha value is -1.32. The van der Waals surface area contributed by atoms with Gasteiger partial charge in [0.2, 0.25) is 0 Å². The van der Waals surface area contributed by atoms with E-state index in [2.05, 4.69) is 6.58 Å². The second kappa shape index (κ2) is 7.09. The van der Waals surface area contributed by atoms with Crippen molar-refractivity contribution in [3.63, 3.8) is 0 Å². The second-order valence-electron chi connectivity index (χ2n) is 4.60. The van der Waals surface area contributed by atoms with Crippen LogP contribution < -0.4 is 0 Å². The first-order valence-electron chi connectivity index (χ1n) is 6.16. The highest BCUT2D eigenvalue weighted by Crippen LogP contribution is 2.26. The Kier molecular flexibility index (Phi) is 5.73. The predicted octanol–water partition coefficient (Wildman–Crippen LogP) is 2.53. The molecule has 1 saturated carbocycles. The van der Waals surface area contributed by atoms with E-state index in [1.165, 1.54) is 32.1 Å². The Balaban J connectivity index is 2.14. The molecule has 0 atom stereocenters. The molecule has 1 rings (SSSR count). The van der Waals surface area contributed by atoms with Crippen LogP contribution in [0.1, 0.15) is 44.9 Å². The first kappa shape index (κ1) is 13.7. The van der Waals surface area contributed by atoms with Crippen LogP contribution in [0.2, 0.25) is 0 Å². The van der Waals surface area contributed by atoms with Gasteiger partial charge in [0.25, 0.3) is 0 Å². The maximum absolute atomic E-state index is 11.3. The summed E-state index contributed by atoms with van der Waals surface area (Å²) < 4.78 is 5.01. The van der Waals surface area contributed by atoms with Crippen molar-refractivity contribution in [1.29, 1.82) is 0 Å². The van der Waals surface area contributed by atoms with Gasteiger partial charge in [0.1, 0.15) is 0 Å². The van der Waals surface area contributed by atoms with Crippen molar-refractivity contribution in [1.82, 2.24) is 0 Å². The highest BCUT2D eigenvalue weighted by molar-refractivity contribution is 5.92. The normalized spacial score (nSPS) is 16.5. The standard InChI is InChI=1S/C13H20O4/c1-10(9-12(14)15)13(16)17-8-7-11-5-3-2-4-6-11/h11H,1-9H2,(H,14,15). The molecular formula is C13H20O4. The molecule has 4 nitrogen and oxygen atoms in total. The van der Waals surface area contributed by atoms with Gasteiger partial charge in [-0.2, -0.15) is 0 Å². The molecule has 96 valence electrons. The molecule has 0 saturated heterocycles. The lowest BCUT2D eigenvalue weighted by atomic mass is 9.87. The van der Waals surface area contributed by atoms with E-state index in [1.54, 1.807) is 0 Å². The monoisotopic (exact) mass is 240 g/mol. The molecule has 0 unspecified atom stereocenters. The van der Waals surface area contributed by atoms with Crippen molar-refractivity contribution < 1.29 is 19.4 Å². The zero-order valence-electron chi connectivity index (χ0n) is 10.1. The van der Waals surface area contributed by atoms with Crippen molar-refractivity contribution in [2.24, 2.45) is 5.92 Å². The summed E-state index contributed by atoms with van der Waals surface area (Å²) in [7, 11) is 0. The molecule has 1 aliphatic carbocycles. The van der Waals surface area contributed by atoms with E-state index in [0.717, 1.165) is 6.42 Å². The Labute approximate surface area is 102 Å². The first-order valence-corrected chi connectivity index (χ1v) is 6.16. The number of esters is 1. The number of carboxylic acid groups (broad SMARTS) is 1. The smallest absolute Gasteiger partial charge is 0.333 e. The molecule has 0 aromatic carbocycles. The van der Waals surface area contributed by atoms with E-state index in [-0.39, 0.29) is 12.0 Å². The van der Waals surface area contributed by atoms with E-state index in [4.69, 9.17) is 9.84 Å². The van der Waals surface area contributed by atoms with Crippen LogP contribution in [-0.2, 0) is 14.3 Å². The Morgan fingerprint density at radius 2 is 1.88 bits per heavy atom. The van der Waals surface area contributed by atoms with Crippen LogP contribution in [0.4, 0.5) is 0 Å². The number of aliphatic carboxylic acids is 1. The molecule has 1 aliphatic rings. The van der Waals surface area contributed by atoms with E-state index in [9.17, 15) is 9.59 Å². The molecule has 0 radical (unpaired) electrons. The molecular weight excluding hydrogens is 220 g/mol. The Morgan fingerprint density at radius 3 is 2.47 bits per heavy atom. The van der Waals surface area contributed by atoms with Crippen LogP contribution in [-0.4, -0.2) is 23.7 Å². The quantitative estimate of drug-likeness (QED) is 0.572. The van der Waals surface area contributed by atoms with Gasteiger partial charge in [0.15, 0.2) is 0 Å². The Bertz CT molecular complexity index is 290. The molecule has 0 aromatic rings. The number of hydrogen-bond acceptors (Lipinski definition) is 3. The summed E-state index contributed by atoms with van der Waals surface area (Å²) in [6, 6.07) is 0. The molecule has 0 aromatic heterocycles. The van der Waals surface area contributed by atoms with E-state index in [0.29, 0.717) is 12.5 Å². The molecule has 17 heavy (non-hydrogen) atoms. The van der Waals surface area contributed by atoms with Gasteiger partial charge < -0.3 is 9.84 Å². The highest BCUT2D eigenvalue weighted by Gasteiger charge is 2.15. The average molecular weight is 240 g/mol. The van der Waals surface area contributed by atoms with Gasteiger partial charge >= 0.3 is 11.9 Å². The molecule has 0 aliphatic heterocycles. The van der Waals surface area contributed by atoms with Gasteiger partial charge in [-0.3, -0.25) is 4.79 Å². The van der Waals surface area contributed by atoms with Gasteiger partial charge in [0, 0.05) is 5.57 Å². The fourth-order valence-corrected chi connectivity index (χ4v) is 2.15. The number of carboxylic acids is 1. The summed E-state index contributed by atoms with van der Waals surface area (Å²) >= 11 is 0. The van der Waals surface area contributed by atoms with E-state index < -0.39 is 11.9 Å². The van der Waals surface area contributed by atoms with Crippen LogP contribution in [0, 0.1) is 5.92 Å². The van der Waals surface area contributed by atoms with Crippen LogP contribution in [0.25, 0.3) is 0 Å². The topological polar surface area (TPSA) is 63.6 Å². The fraction of sp³-hybridized carbons (Fsp3) is 0.692. The minimum atomic E-state index is -1.06. The predicted molar refractivity (Wildman–Crippen MR) is 63.5 cm³/mol. The molecule has 0 spiro atoms. The number of carbonyl (C=O) groups is 2. The van der Waals surface area contributed by atoms with Crippen LogP contribution in [0.3, 0.4) is 0 Å². The summed E-state index contributed by atoms with van der Waals surface area (Å²) in [5.74, 6) is -0.980. The van der Waals surface area contributed by atoms with Gasteiger partial charge in [-0.15, -0.1) is 0 Å². The van der Waals surface area contributed by atoms with Crippen molar-refractivity contribution in [2.75, 3.05) is 6.61 Å². The largest absolute Gasteiger partial charge is 0.481 e. The fourth-order valence-electron chi connectivity index (χ4n) is 2.15. The minimum absolute atomic E-state index is 0.0149. The molecule has 0 heterocycles. The molecule has 0 bridgehead atoms. The van der Waals surface area contributed by atoms with Gasteiger partial charge in [-0.25, -0.2) is 4.79 Å². The maximum atomic E-state index is 11.3. The third kappa shape index (κ3) is 5.52. The summed E-state index contributed by atoms with van der Waals surface area (Å²) in [4.78, 5) is 21.7. The minimum Gasteiger partial charge on any atom is -0.481 e. The second-order valence-corrected chi connectivity index (χ2v) is 4.60. The summed E-state index contributed by atoms with van der Waals surface area (Å²) in [6.45, 7) is 3.78. The molecule has 1 fully saturated rings. The van der Waals surface area contributed by atoms with E-state index in [1.807, 2.05) is 0 Å². The lowest BCUT2D eigenvalue weighted by Gasteiger charge is -2.21. The van der Waals surface area contributed by atoms with Crippen molar-refractivity contribution in [2.45, 2.75) is 44.9 Å². The van der Waals surface area contributed by atoms with Crippen molar-refractivity contribution >= 4 is 11.9 Å². The SMILES string of the molecule is C=C(CC(=O)O)C(=O)OCCC1CCCCC1. The lowest BCUT2D eigenvalue weighted by Crippen LogP contribution is -2.14. The molecule has 0 amide bonds. The summed E-state index contributed by atoms with van der Waals surface area (Å²) in [5, 5.41) is 8.49. The number of ether oxygens (including phenoxy) is 1. The number of hydrogen-bond donors (Lipinski definition) is 1. The van der Waals surface area contributed by atoms with E-state index >= 15 is 0 Å². The summed E-state index contributed by atoms with van der Waals surface area (Å²) in [5.41, 5.74) is 0.0149. The number of carbonyl (C=O) groups excluding carboxylic acids is 1. The van der Waals surface area contributed by atoms with Crippen LogP contribution >= 0.6 is 0 Å². The molecule has 1 N–H and O–H groups in total. The number of rotatable bonds is 6. The Morgan fingerprint density at radius 1 is 1.24 bits per heavy atom. The third-order valence-corrected chi connectivity index (χ3v) is 3.14. The third-order valence-electron chi connectivity index (χ3n) is 3.14. The average Bonchev–Trinajstić information content (AvgIpc) is 2.29. The van der Waals surface area contributed by atoms with Crippen molar-refractivity contribution in [3.05, 3.63) is 12.2 Å². The molecule has 4 heteroatoms. The maximum Gasteiger partial charge on any atom is 0.333 e.